The molecule has 0 aliphatic heterocycles. The van der Waals surface area contributed by atoms with Gasteiger partial charge >= 0.3 is 0 Å². The Balaban J connectivity index is 2.03. The van der Waals surface area contributed by atoms with Gasteiger partial charge in [-0.3, -0.25) is 0 Å². The molecule has 84 valence electrons. The molecule has 0 aliphatic carbocycles. The van der Waals surface area contributed by atoms with Gasteiger partial charge in [-0.05, 0) is 44.1 Å². The molecule has 0 saturated carbocycles. The molecule has 0 aromatic carbocycles. The first-order valence-corrected chi connectivity index (χ1v) is 6.46. The summed E-state index contributed by atoms with van der Waals surface area (Å²) in [5.41, 5.74) is 1.23. The van der Waals surface area contributed by atoms with Crippen molar-refractivity contribution < 1.29 is 9.21 Å². The van der Waals surface area contributed by atoms with Crippen molar-refractivity contribution in [1.82, 2.24) is 0 Å². The van der Waals surface area contributed by atoms with Crippen molar-refractivity contribution in [3.63, 3.8) is 0 Å². The molecular weight excluding hydrogens is 208 g/mol. The van der Waals surface area contributed by atoms with Crippen molar-refractivity contribution in [3.8, 4) is 0 Å². The summed E-state index contributed by atoms with van der Waals surface area (Å²) in [6.07, 6.45) is 4.59. The van der Waals surface area contributed by atoms with Crippen LogP contribution < -0.4 is 0 Å². The number of rotatable bonds is 7. The predicted molar refractivity (Wildman–Crippen MR) is 64.1 cm³/mol. The second-order valence-electron chi connectivity index (χ2n) is 3.74. The van der Waals surface area contributed by atoms with Crippen molar-refractivity contribution >= 4 is 17.5 Å². The molecule has 1 rings (SSSR count). The van der Waals surface area contributed by atoms with Gasteiger partial charge in [0.15, 0.2) is 0 Å². The maximum atomic E-state index is 10.7. The Morgan fingerprint density at radius 2 is 2.27 bits per heavy atom. The number of carbonyl (C=O) groups excluding carboxylic acids is 1. The second kappa shape index (κ2) is 6.72. The number of carbonyl (C=O) groups is 1. The molecule has 0 unspecified atom stereocenters. The van der Waals surface area contributed by atoms with E-state index in [1.54, 1.807) is 13.2 Å². The van der Waals surface area contributed by atoms with Crippen LogP contribution in [-0.4, -0.2) is 11.5 Å². The van der Waals surface area contributed by atoms with E-state index >= 15 is 0 Å². The second-order valence-corrected chi connectivity index (χ2v) is 4.84. The Kier molecular flexibility index (Phi) is 5.54. The Hall–Kier alpha value is -0.700. The van der Waals surface area contributed by atoms with E-state index in [1.807, 2.05) is 17.8 Å². The van der Waals surface area contributed by atoms with Crippen molar-refractivity contribution in [2.45, 2.75) is 38.9 Å². The zero-order chi connectivity index (χ0) is 11.1. The average molecular weight is 226 g/mol. The molecule has 1 aromatic rings. The van der Waals surface area contributed by atoms with Crippen molar-refractivity contribution in [2.75, 3.05) is 5.75 Å². The van der Waals surface area contributed by atoms with E-state index in [0.29, 0.717) is 5.78 Å². The highest BCUT2D eigenvalue weighted by atomic mass is 32.2. The number of furan rings is 1. The van der Waals surface area contributed by atoms with Crippen molar-refractivity contribution in [2.24, 2.45) is 0 Å². The van der Waals surface area contributed by atoms with Crippen LogP contribution in [0.2, 0.25) is 0 Å². The zero-order valence-electron chi connectivity index (χ0n) is 9.41. The summed E-state index contributed by atoms with van der Waals surface area (Å²) in [4.78, 5) is 10.7. The molecule has 0 radical (unpaired) electrons. The molecule has 0 spiro atoms. The minimum Gasteiger partial charge on any atom is -0.468 e. The van der Waals surface area contributed by atoms with E-state index in [1.165, 1.54) is 5.56 Å². The first kappa shape index (κ1) is 12.4. The van der Waals surface area contributed by atoms with Gasteiger partial charge < -0.3 is 9.21 Å². The Morgan fingerprint density at radius 3 is 2.87 bits per heavy atom. The first-order chi connectivity index (χ1) is 7.20. The highest BCUT2D eigenvalue weighted by molar-refractivity contribution is 7.98. The van der Waals surface area contributed by atoms with Gasteiger partial charge in [0.2, 0.25) is 0 Å². The van der Waals surface area contributed by atoms with E-state index in [-0.39, 0.29) is 0 Å². The topological polar surface area (TPSA) is 30.2 Å². The summed E-state index contributed by atoms with van der Waals surface area (Å²) in [7, 11) is 0. The number of Topliss-reactive ketones (excluding diaryl/α,β-unsaturated/α-hetero) is 1. The molecule has 1 aromatic heterocycles. The van der Waals surface area contributed by atoms with Crippen LogP contribution >= 0.6 is 11.8 Å². The van der Waals surface area contributed by atoms with Crippen LogP contribution in [0.15, 0.2) is 16.7 Å². The van der Waals surface area contributed by atoms with E-state index in [4.69, 9.17) is 4.42 Å². The minimum absolute atomic E-state index is 0.293. The van der Waals surface area contributed by atoms with Crippen molar-refractivity contribution in [3.05, 3.63) is 23.7 Å². The van der Waals surface area contributed by atoms with Gasteiger partial charge in [-0.1, -0.05) is 0 Å². The largest absolute Gasteiger partial charge is 0.468 e. The summed E-state index contributed by atoms with van der Waals surface area (Å²) in [6, 6.07) is 1.99. The lowest BCUT2D eigenvalue weighted by molar-refractivity contribution is -0.117. The Morgan fingerprint density at radius 1 is 1.47 bits per heavy atom. The molecule has 0 fully saturated rings. The summed E-state index contributed by atoms with van der Waals surface area (Å²) >= 11 is 1.87. The van der Waals surface area contributed by atoms with Crippen LogP contribution in [0.25, 0.3) is 0 Å². The van der Waals surface area contributed by atoms with Gasteiger partial charge in [0.05, 0.1) is 12.0 Å². The standard InChI is InChI=1S/C12H18O2S/c1-10-6-7-14-12(10)9-15-8-4-3-5-11(2)13/h6-7H,3-5,8-9H2,1-2H3. The van der Waals surface area contributed by atoms with Crippen LogP contribution in [0.1, 0.15) is 37.5 Å². The summed E-state index contributed by atoms with van der Waals surface area (Å²) in [6.45, 7) is 3.72. The van der Waals surface area contributed by atoms with Crippen LogP contribution in [0.4, 0.5) is 0 Å². The number of hydrogen-bond acceptors (Lipinski definition) is 3. The van der Waals surface area contributed by atoms with E-state index in [9.17, 15) is 4.79 Å². The van der Waals surface area contributed by atoms with Gasteiger partial charge in [-0.15, -0.1) is 0 Å². The monoisotopic (exact) mass is 226 g/mol. The number of hydrogen-bond donors (Lipinski definition) is 0. The maximum absolute atomic E-state index is 10.7. The molecule has 0 amide bonds. The van der Waals surface area contributed by atoms with Gasteiger partial charge in [-0.2, -0.15) is 11.8 Å². The Labute approximate surface area is 95.4 Å². The molecule has 1 heterocycles. The number of ketones is 1. The lowest BCUT2D eigenvalue weighted by Gasteiger charge is -2.00. The molecule has 0 N–H and O–H groups in total. The minimum atomic E-state index is 0.293. The van der Waals surface area contributed by atoms with Crippen LogP contribution in [0.3, 0.4) is 0 Å². The summed E-state index contributed by atoms with van der Waals surface area (Å²) in [5.74, 6) is 3.42. The van der Waals surface area contributed by atoms with E-state index < -0.39 is 0 Å². The highest BCUT2D eigenvalue weighted by Crippen LogP contribution is 2.18. The lowest BCUT2D eigenvalue weighted by Crippen LogP contribution is -1.90. The zero-order valence-corrected chi connectivity index (χ0v) is 10.2. The van der Waals surface area contributed by atoms with Gasteiger partial charge in [0.1, 0.15) is 11.5 Å². The third-order valence-electron chi connectivity index (χ3n) is 2.27. The normalized spacial score (nSPS) is 10.5. The van der Waals surface area contributed by atoms with E-state index in [2.05, 4.69) is 6.92 Å². The first-order valence-electron chi connectivity index (χ1n) is 5.30. The summed E-state index contributed by atoms with van der Waals surface area (Å²) < 4.78 is 5.33. The number of unbranched alkanes of at least 4 members (excludes halogenated alkanes) is 1. The van der Waals surface area contributed by atoms with E-state index in [0.717, 1.165) is 36.5 Å². The average Bonchev–Trinajstić information content (AvgIpc) is 2.57. The SMILES string of the molecule is CC(=O)CCCCSCc1occc1C. The summed E-state index contributed by atoms with van der Waals surface area (Å²) in [5, 5.41) is 0. The predicted octanol–water partition coefficient (Wildman–Crippen LogP) is 3.58. The van der Waals surface area contributed by atoms with Crippen LogP contribution in [0, 0.1) is 6.92 Å². The fourth-order valence-corrected chi connectivity index (χ4v) is 2.33. The van der Waals surface area contributed by atoms with Crippen LogP contribution in [0.5, 0.6) is 0 Å². The van der Waals surface area contributed by atoms with Gasteiger partial charge in [0.25, 0.3) is 0 Å². The highest BCUT2D eigenvalue weighted by Gasteiger charge is 2.01. The molecule has 15 heavy (non-hydrogen) atoms. The maximum Gasteiger partial charge on any atom is 0.129 e. The third-order valence-corrected chi connectivity index (χ3v) is 3.31. The molecule has 0 bridgehead atoms. The Bertz CT molecular complexity index is 304. The molecule has 0 saturated heterocycles. The van der Waals surface area contributed by atoms with Gasteiger partial charge in [0, 0.05) is 6.42 Å². The quantitative estimate of drug-likeness (QED) is 0.666. The van der Waals surface area contributed by atoms with Crippen molar-refractivity contribution in [1.29, 1.82) is 0 Å². The van der Waals surface area contributed by atoms with Gasteiger partial charge in [-0.25, -0.2) is 0 Å². The molecular formula is C12H18O2S. The molecule has 2 nitrogen and oxygen atoms in total. The fourth-order valence-electron chi connectivity index (χ4n) is 1.29. The lowest BCUT2D eigenvalue weighted by atomic mass is 10.2. The number of thioether (sulfide) groups is 1. The van der Waals surface area contributed by atoms with Crippen LogP contribution in [-0.2, 0) is 10.5 Å². The smallest absolute Gasteiger partial charge is 0.129 e. The molecule has 0 aliphatic rings. The molecule has 0 atom stereocenters. The number of aryl methyl sites for hydroxylation is 1. The molecule has 3 heteroatoms. The fraction of sp³-hybridized carbons (Fsp3) is 0.583. The third kappa shape index (κ3) is 5.07.